The highest BCUT2D eigenvalue weighted by Gasteiger charge is 2.29. The fourth-order valence-electron chi connectivity index (χ4n) is 2.49. The van der Waals surface area contributed by atoms with E-state index >= 15 is 0 Å². The molecular formula is C16H22N2O. The Hall–Kier alpha value is -1.61. The number of nitrogens with zero attached hydrogens (tertiary/aromatic N) is 1. The summed E-state index contributed by atoms with van der Waals surface area (Å²) in [6, 6.07) is 8.34. The second-order valence-corrected chi connectivity index (χ2v) is 5.31. The van der Waals surface area contributed by atoms with Crippen LogP contribution in [-0.4, -0.2) is 30.4 Å². The van der Waals surface area contributed by atoms with Gasteiger partial charge >= 0.3 is 0 Å². The predicted octanol–water partition coefficient (Wildman–Crippen LogP) is 2.13. The summed E-state index contributed by atoms with van der Waals surface area (Å²) < 4.78 is 0. The highest BCUT2D eigenvalue weighted by Crippen LogP contribution is 2.23. The molecule has 1 amide bonds. The lowest BCUT2D eigenvalue weighted by atomic mass is 9.93. The van der Waals surface area contributed by atoms with Gasteiger partial charge in [-0.2, -0.15) is 0 Å². The summed E-state index contributed by atoms with van der Waals surface area (Å²) in [5.74, 6) is 0.108. The van der Waals surface area contributed by atoms with Crippen molar-refractivity contribution < 1.29 is 4.79 Å². The molecule has 102 valence electrons. The van der Waals surface area contributed by atoms with Gasteiger partial charge in [-0.25, -0.2) is 0 Å². The number of carbonyl (C=O) groups is 1. The van der Waals surface area contributed by atoms with Crippen LogP contribution in [-0.2, 0) is 17.8 Å². The van der Waals surface area contributed by atoms with Crippen LogP contribution in [0.2, 0.25) is 0 Å². The van der Waals surface area contributed by atoms with Crippen molar-refractivity contribution in [3.8, 4) is 0 Å². The highest BCUT2D eigenvalue weighted by molar-refractivity contribution is 5.82. The SMILES string of the molecule is CNC(=O)[C@@H]1Cc2ccccc2CN1CC=C(C)C. The molecule has 0 unspecified atom stereocenters. The zero-order chi connectivity index (χ0) is 13.8. The number of hydrogen-bond donors (Lipinski definition) is 1. The molecule has 1 heterocycles. The number of carbonyl (C=O) groups excluding carboxylic acids is 1. The summed E-state index contributed by atoms with van der Waals surface area (Å²) in [5.41, 5.74) is 3.92. The van der Waals surface area contributed by atoms with Crippen LogP contribution in [0.4, 0.5) is 0 Å². The van der Waals surface area contributed by atoms with E-state index in [1.54, 1.807) is 7.05 Å². The summed E-state index contributed by atoms with van der Waals surface area (Å²) in [7, 11) is 1.71. The predicted molar refractivity (Wildman–Crippen MR) is 77.8 cm³/mol. The van der Waals surface area contributed by atoms with E-state index in [0.717, 1.165) is 19.5 Å². The molecule has 1 aromatic rings. The Morgan fingerprint density at radius 3 is 2.68 bits per heavy atom. The Bertz CT molecular complexity index is 489. The van der Waals surface area contributed by atoms with E-state index in [9.17, 15) is 4.79 Å². The van der Waals surface area contributed by atoms with Gasteiger partial charge in [0, 0.05) is 20.1 Å². The first-order valence-electron chi connectivity index (χ1n) is 6.77. The van der Waals surface area contributed by atoms with Crippen LogP contribution >= 0.6 is 0 Å². The van der Waals surface area contributed by atoms with Crippen LogP contribution in [0.3, 0.4) is 0 Å². The molecule has 0 aromatic heterocycles. The van der Waals surface area contributed by atoms with E-state index in [2.05, 4.69) is 48.3 Å². The summed E-state index contributed by atoms with van der Waals surface area (Å²) in [5, 5.41) is 2.78. The maximum Gasteiger partial charge on any atom is 0.237 e. The normalized spacial score (nSPS) is 18.6. The zero-order valence-electron chi connectivity index (χ0n) is 11.9. The van der Waals surface area contributed by atoms with Crippen molar-refractivity contribution >= 4 is 5.91 Å². The molecular weight excluding hydrogens is 236 g/mol. The first-order chi connectivity index (χ1) is 9.11. The lowest BCUT2D eigenvalue weighted by Crippen LogP contribution is -2.49. The van der Waals surface area contributed by atoms with Crippen molar-refractivity contribution in [1.82, 2.24) is 10.2 Å². The van der Waals surface area contributed by atoms with Crippen LogP contribution in [0.25, 0.3) is 0 Å². The molecule has 2 rings (SSSR count). The summed E-state index contributed by atoms with van der Waals surface area (Å²) in [6.45, 7) is 5.85. The molecule has 0 bridgehead atoms. The smallest absolute Gasteiger partial charge is 0.237 e. The molecule has 1 aliphatic rings. The van der Waals surface area contributed by atoms with Crippen LogP contribution in [0.5, 0.6) is 0 Å². The summed E-state index contributed by atoms with van der Waals surface area (Å²) in [4.78, 5) is 14.3. The van der Waals surface area contributed by atoms with E-state index in [-0.39, 0.29) is 11.9 Å². The molecule has 0 fully saturated rings. The van der Waals surface area contributed by atoms with Crippen LogP contribution in [0, 0.1) is 0 Å². The number of allylic oxidation sites excluding steroid dienone is 1. The molecule has 1 N–H and O–H groups in total. The van der Waals surface area contributed by atoms with Gasteiger partial charge in [0.05, 0.1) is 6.04 Å². The Kier molecular flexibility index (Phi) is 4.38. The fourth-order valence-corrected chi connectivity index (χ4v) is 2.49. The minimum absolute atomic E-state index is 0.0597. The van der Waals surface area contributed by atoms with Crippen molar-refractivity contribution in [1.29, 1.82) is 0 Å². The van der Waals surface area contributed by atoms with Gasteiger partial charge in [0.25, 0.3) is 0 Å². The average Bonchev–Trinajstić information content (AvgIpc) is 2.43. The maximum atomic E-state index is 12.1. The van der Waals surface area contributed by atoms with Crippen LogP contribution in [0.1, 0.15) is 25.0 Å². The summed E-state index contributed by atoms with van der Waals surface area (Å²) >= 11 is 0. The van der Waals surface area contributed by atoms with Crippen molar-refractivity contribution in [2.75, 3.05) is 13.6 Å². The summed E-state index contributed by atoms with van der Waals surface area (Å²) in [6.07, 6.45) is 2.98. The van der Waals surface area contributed by atoms with Gasteiger partial charge in [-0.3, -0.25) is 9.69 Å². The molecule has 0 aliphatic carbocycles. The van der Waals surface area contributed by atoms with E-state index < -0.39 is 0 Å². The van der Waals surface area contributed by atoms with E-state index in [1.165, 1.54) is 16.7 Å². The van der Waals surface area contributed by atoms with E-state index in [4.69, 9.17) is 0 Å². The number of likely N-dealkylation sites (N-methyl/N-ethyl adjacent to an activating group) is 1. The first-order valence-corrected chi connectivity index (χ1v) is 6.77. The average molecular weight is 258 g/mol. The van der Waals surface area contributed by atoms with E-state index in [0.29, 0.717) is 0 Å². The van der Waals surface area contributed by atoms with Gasteiger partial charge in [0.1, 0.15) is 0 Å². The number of fused-ring (bicyclic) bond motifs is 1. The van der Waals surface area contributed by atoms with Crippen molar-refractivity contribution in [3.63, 3.8) is 0 Å². The van der Waals surface area contributed by atoms with Gasteiger partial charge < -0.3 is 5.32 Å². The highest BCUT2D eigenvalue weighted by atomic mass is 16.2. The Labute approximate surface area is 115 Å². The van der Waals surface area contributed by atoms with Crippen molar-refractivity contribution in [3.05, 3.63) is 47.0 Å². The Morgan fingerprint density at radius 1 is 1.37 bits per heavy atom. The number of nitrogens with one attached hydrogen (secondary N) is 1. The number of amides is 1. The number of rotatable bonds is 3. The molecule has 1 aromatic carbocycles. The van der Waals surface area contributed by atoms with Gasteiger partial charge in [-0.15, -0.1) is 0 Å². The monoisotopic (exact) mass is 258 g/mol. The standard InChI is InChI=1S/C16H22N2O/c1-12(2)8-9-18-11-14-7-5-4-6-13(14)10-15(18)16(19)17-3/h4-8,15H,9-11H2,1-3H3,(H,17,19)/t15-/m0/s1. The number of hydrogen-bond acceptors (Lipinski definition) is 2. The third kappa shape index (κ3) is 3.24. The van der Waals surface area contributed by atoms with E-state index in [1.807, 2.05) is 6.07 Å². The quantitative estimate of drug-likeness (QED) is 0.842. The maximum absolute atomic E-state index is 12.1. The molecule has 3 nitrogen and oxygen atoms in total. The second-order valence-electron chi connectivity index (χ2n) is 5.31. The third-order valence-electron chi connectivity index (χ3n) is 3.63. The third-order valence-corrected chi connectivity index (χ3v) is 3.63. The molecule has 3 heteroatoms. The molecule has 1 aliphatic heterocycles. The van der Waals surface area contributed by atoms with Gasteiger partial charge in [-0.1, -0.05) is 35.9 Å². The van der Waals surface area contributed by atoms with Gasteiger partial charge in [0.2, 0.25) is 5.91 Å². The first kappa shape index (κ1) is 13.8. The van der Waals surface area contributed by atoms with Crippen LogP contribution in [0.15, 0.2) is 35.9 Å². The van der Waals surface area contributed by atoms with Gasteiger partial charge in [-0.05, 0) is 31.4 Å². The fraction of sp³-hybridized carbons (Fsp3) is 0.438. The lowest BCUT2D eigenvalue weighted by Gasteiger charge is -2.35. The molecule has 0 saturated heterocycles. The molecule has 0 radical (unpaired) electrons. The molecule has 1 atom stereocenters. The number of benzene rings is 1. The van der Waals surface area contributed by atoms with Crippen molar-refractivity contribution in [2.45, 2.75) is 32.9 Å². The lowest BCUT2D eigenvalue weighted by molar-refractivity contribution is -0.126. The topological polar surface area (TPSA) is 32.3 Å². The Morgan fingerprint density at radius 2 is 2.05 bits per heavy atom. The Balaban J connectivity index is 2.24. The molecule has 19 heavy (non-hydrogen) atoms. The molecule has 0 spiro atoms. The minimum atomic E-state index is -0.0597. The second kappa shape index (κ2) is 6.02. The minimum Gasteiger partial charge on any atom is -0.358 e. The van der Waals surface area contributed by atoms with Gasteiger partial charge in [0.15, 0.2) is 0 Å². The van der Waals surface area contributed by atoms with Crippen molar-refractivity contribution in [2.24, 2.45) is 0 Å². The molecule has 0 saturated carbocycles. The zero-order valence-corrected chi connectivity index (χ0v) is 11.9. The largest absolute Gasteiger partial charge is 0.358 e. The van der Waals surface area contributed by atoms with Crippen LogP contribution < -0.4 is 5.32 Å².